The topological polar surface area (TPSA) is 12.0 Å². The van der Waals surface area contributed by atoms with Gasteiger partial charge < -0.3 is 5.32 Å². The lowest BCUT2D eigenvalue weighted by molar-refractivity contribution is 0.268. The first kappa shape index (κ1) is 14.1. The van der Waals surface area contributed by atoms with Crippen molar-refractivity contribution >= 4 is 15.9 Å². The summed E-state index contributed by atoms with van der Waals surface area (Å²) in [5.41, 5.74) is 1.94. The summed E-state index contributed by atoms with van der Waals surface area (Å²) in [6, 6.07) is 9.26. The molecule has 2 rings (SSSR count). The fraction of sp³-hybridized carbons (Fsp3) is 0.625. The predicted molar refractivity (Wildman–Crippen MR) is 81.9 cm³/mol. The molecular formula is C16H24BrN. The molecule has 0 aliphatic heterocycles. The molecule has 0 heterocycles. The van der Waals surface area contributed by atoms with Crippen LogP contribution in [0.2, 0.25) is 0 Å². The summed E-state index contributed by atoms with van der Waals surface area (Å²) in [6.07, 6.45) is 6.73. The van der Waals surface area contributed by atoms with Crippen molar-refractivity contribution in [3.63, 3.8) is 0 Å². The highest BCUT2D eigenvalue weighted by Gasteiger charge is 2.34. The van der Waals surface area contributed by atoms with Gasteiger partial charge in [0.15, 0.2) is 0 Å². The Hall–Kier alpha value is -0.340. The third-order valence-electron chi connectivity index (χ3n) is 4.07. The smallest absolute Gasteiger partial charge is 0.0207 e. The van der Waals surface area contributed by atoms with E-state index < -0.39 is 0 Å². The lowest BCUT2D eigenvalue weighted by atomic mass is 9.80. The van der Waals surface area contributed by atoms with E-state index in [1.807, 2.05) is 0 Å². The molecule has 2 heteroatoms. The van der Waals surface area contributed by atoms with Crippen LogP contribution in [0.15, 0.2) is 28.7 Å². The Labute approximate surface area is 119 Å². The van der Waals surface area contributed by atoms with E-state index in [1.165, 1.54) is 42.1 Å². The Balaban J connectivity index is 2.08. The van der Waals surface area contributed by atoms with Crippen LogP contribution in [0.4, 0.5) is 0 Å². The van der Waals surface area contributed by atoms with Crippen LogP contribution < -0.4 is 5.32 Å². The molecule has 0 radical (unpaired) electrons. The summed E-state index contributed by atoms with van der Waals surface area (Å²) in [5.74, 6) is 0. The van der Waals surface area contributed by atoms with Crippen molar-refractivity contribution in [1.82, 2.24) is 5.32 Å². The molecule has 1 aliphatic rings. The van der Waals surface area contributed by atoms with Crippen LogP contribution in [0.25, 0.3) is 0 Å². The third-order valence-corrected chi connectivity index (χ3v) is 4.85. The first-order valence-corrected chi connectivity index (χ1v) is 7.87. The predicted octanol–water partition coefficient (Wildman–Crippen LogP) is 4.55. The summed E-state index contributed by atoms with van der Waals surface area (Å²) in [5, 5.41) is 3.65. The number of rotatable bonds is 5. The zero-order chi connectivity index (χ0) is 13.0. The molecule has 0 amide bonds. The molecule has 1 aromatic rings. The van der Waals surface area contributed by atoms with Crippen LogP contribution >= 0.6 is 15.9 Å². The van der Waals surface area contributed by atoms with Crippen molar-refractivity contribution in [2.45, 2.75) is 52.0 Å². The largest absolute Gasteiger partial charge is 0.314 e. The van der Waals surface area contributed by atoms with Gasteiger partial charge in [0.25, 0.3) is 0 Å². The molecule has 0 saturated heterocycles. The van der Waals surface area contributed by atoms with Gasteiger partial charge in [-0.2, -0.15) is 0 Å². The van der Waals surface area contributed by atoms with Crippen molar-refractivity contribution in [2.24, 2.45) is 5.41 Å². The number of nitrogens with one attached hydrogen (secondary N) is 1. The Morgan fingerprint density at radius 2 is 1.89 bits per heavy atom. The van der Waals surface area contributed by atoms with Gasteiger partial charge in [-0.25, -0.2) is 0 Å². The molecule has 1 aliphatic carbocycles. The highest BCUT2D eigenvalue weighted by molar-refractivity contribution is 9.10. The van der Waals surface area contributed by atoms with E-state index in [0.717, 1.165) is 6.54 Å². The monoisotopic (exact) mass is 309 g/mol. The summed E-state index contributed by atoms with van der Waals surface area (Å²) in [6.45, 7) is 5.63. The zero-order valence-corrected chi connectivity index (χ0v) is 13.1. The molecule has 1 nitrogen and oxygen atoms in total. The molecule has 18 heavy (non-hydrogen) atoms. The van der Waals surface area contributed by atoms with Crippen LogP contribution in [0.5, 0.6) is 0 Å². The first-order chi connectivity index (χ1) is 8.61. The Morgan fingerprint density at radius 3 is 2.50 bits per heavy atom. The van der Waals surface area contributed by atoms with Gasteiger partial charge >= 0.3 is 0 Å². The number of hydrogen-bond donors (Lipinski definition) is 1. The van der Waals surface area contributed by atoms with Gasteiger partial charge in [-0.1, -0.05) is 60.8 Å². The Bertz CT molecular complexity index is 380. The van der Waals surface area contributed by atoms with Gasteiger partial charge in [0.05, 0.1) is 0 Å². The fourth-order valence-corrected chi connectivity index (χ4v) is 3.43. The molecule has 1 fully saturated rings. The molecule has 1 N–H and O–H groups in total. The molecule has 0 aromatic heterocycles. The standard InChI is InChI=1S/C16H24BrN/c1-13(2)18-12-16(9-5-6-10-16)11-14-7-3-4-8-15(14)17/h3-4,7-8,13,18H,5-6,9-12H2,1-2H3. The lowest BCUT2D eigenvalue weighted by Crippen LogP contribution is -2.37. The van der Waals surface area contributed by atoms with Gasteiger partial charge in [0.2, 0.25) is 0 Å². The summed E-state index contributed by atoms with van der Waals surface area (Å²) in [4.78, 5) is 0. The van der Waals surface area contributed by atoms with Crippen LogP contribution in [-0.2, 0) is 6.42 Å². The zero-order valence-electron chi connectivity index (χ0n) is 11.5. The van der Waals surface area contributed by atoms with Crippen molar-refractivity contribution in [2.75, 3.05) is 6.54 Å². The van der Waals surface area contributed by atoms with Gasteiger partial charge in [-0.05, 0) is 36.3 Å². The summed E-state index contributed by atoms with van der Waals surface area (Å²) < 4.78 is 1.26. The van der Waals surface area contributed by atoms with Gasteiger partial charge in [0, 0.05) is 17.1 Å². The number of hydrogen-bond acceptors (Lipinski definition) is 1. The average Bonchev–Trinajstić information content (AvgIpc) is 2.79. The quantitative estimate of drug-likeness (QED) is 0.841. The van der Waals surface area contributed by atoms with Crippen LogP contribution in [0.3, 0.4) is 0 Å². The van der Waals surface area contributed by atoms with E-state index in [2.05, 4.69) is 59.4 Å². The van der Waals surface area contributed by atoms with E-state index >= 15 is 0 Å². The Morgan fingerprint density at radius 1 is 1.22 bits per heavy atom. The molecule has 1 saturated carbocycles. The number of halogens is 1. The molecule has 0 spiro atoms. The first-order valence-electron chi connectivity index (χ1n) is 7.08. The van der Waals surface area contributed by atoms with Crippen molar-refractivity contribution in [3.8, 4) is 0 Å². The van der Waals surface area contributed by atoms with Crippen molar-refractivity contribution in [3.05, 3.63) is 34.3 Å². The van der Waals surface area contributed by atoms with Crippen LogP contribution in [0, 0.1) is 5.41 Å². The van der Waals surface area contributed by atoms with Crippen molar-refractivity contribution < 1.29 is 0 Å². The normalized spacial score (nSPS) is 18.4. The fourth-order valence-electron chi connectivity index (χ4n) is 3.01. The average molecular weight is 310 g/mol. The minimum atomic E-state index is 0.480. The van der Waals surface area contributed by atoms with E-state index in [9.17, 15) is 0 Å². The van der Waals surface area contributed by atoms with Crippen LogP contribution in [0.1, 0.15) is 45.1 Å². The highest BCUT2D eigenvalue weighted by Crippen LogP contribution is 2.41. The molecule has 0 atom stereocenters. The summed E-state index contributed by atoms with van der Waals surface area (Å²) >= 11 is 3.69. The third kappa shape index (κ3) is 3.58. The molecule has 100 valence electrons. The minimum Gasteiger partial charge on any atom is -0.314 e. The van der Waals surface area contributed by atoms with Gasteiger partial charge in [-0.15, -0.1) is 0 Å². The van der Waals surface area contributed by atoms with E-state index in [4.69, 9.17) is 0 Å². The lowest BCUT2D eigenvalue weighted by Gasteiger charge is -2.31. The van der Waals surface area contributed by atoms with E-state index in [-0.39, 0.29) is 0 Å². The highest BCUT2D eigenvalue weighted by atomic mass is 79.9. The second-order valence-electron chi connectivity index (χ2n) is 6.01. The molecule has 1 aromatic carbocycles. The minimum absolute atomic E-state index is 0.480. The maximum absolute atomic E-state index is 3.69. The summed E-state index contributed by atoms with van der Waals surface area (Å²) in [7, 11) is 0. The van der Waals surface area contributed by atoms with Crippen molar-refractivity contribution in [1.29, 1.82) is 0 Å². The SMILES string of the molecule is CC(C)NCC1(Cc2ccccc2Br)CCCC1. The Kier molecular flexibility index (Phi) is 4.85. The molecule has 0 unspecified atom stereocenters. The second kappa shape index (κ2) is 6.21. The number of benzene rings is 1. The van der Waals surface area contributed by atoms with Gasteiger partial charge in [0.1, 0.15) is 0 Å². The molecule has 0 bridgehead atoms. The maximum atomic E-state index is 3.69. The van der Waals surface area contributed by atoms with E-state index in [1.54, 1.807) is 0 Å². The maximum Gasteiger partial charge on any atom is 0.0207 e. The van der Waals surface area contributed by atoms with Crippen LogP contribution in [-0.4, -0.2) is 12.6 Å². The second-order valence-corrected chi connectivity index (χ2v) is 6.87. The molecular weight excluding hydrogens is 286 g/mol. The van der Waals surface area contributed by atoms with E-state index in [0.29, 0.717) is 11.5 Å². The van der Waals surface area contributed by atoms with Gasteiger partial charge in [-0.3, -0.25) is 0 Å².